The van der Waals surface area contributed by atoms with E-state index in [1.807, 2.05) is 0 Å². The van der Waals surface area contributed by atoms with Gasteiger partial charge in [0, 0.05) is 20.3 Å². The molecule has 0 saturated carbocycles. The van der Waals surface area contributed by atoms with Gasteiger partial charge in [-0.05, 0) is 31.6 Å². The summed E-state index contributed by atoms with van der Waals surface area (Å²) in [6.07, 6.45) is 2.21. The lowest BCUT2D eigenvalue weighted by Gasteiger charge is -2.31. The maximum absolute atomic E-state index is 11.6. The summed E-state index contributed by atoms with van der Waals surface area (Å²) in [7, 11) is 1.52. The Morgan fingerprint density at radius 2 is 2.00 bits per heavy atom. The highest BCUT2D eigenvalue weighted by molar-refractivity contribution is 5.80. The second-order valence-electron chi connectivity index (χ2n) is 4.28. The highest BCUT2D eigenvalue weighted by atomic mass is 16.5. The van der Waals surface area contributed by atoms with E-state index in [1.54, 1.807) is 6.92 Å². The van der Waals surface area contributed by atoms with Crippen LogP contribution in [0.1, 0.15) is 40.0 Å². The van der Waals surface area contributed by atoms with Crippen LogP contribution in [-0.4, -0.2) is 37.4 Å². The second kappa shape index (κ2) is 7.63. The predicted molar refractivity (Wildman–Crippen MR) is 64.2 cm³/mol. The maximum atomic E-state index is 11.6. The van der Waals surface area contributed by atoms with Gasteiger partial charge in [0.05, 0.1) is 0 Å². The van der Waals surface area contributed by atoms with Crippen molar-refractivity contribution in [3.05, 3.63) is 0 Å². The average Bonchev–Trinajstić information content (AvgIpc) is 2.33. The Labute approximate surface area is 98.4 Å². The Morgan fingerprint density at radius 3 is 2.38 bits per heavy atom. The monoisotopic (exact) mass is 231 g/mol. The Bertz CT molecular complexity index is 202. The SMILES string of the molecule is CCC(CC)(CCO)CNC(=O)C(C)OC. The van der Waals surface area contributed by atoms with Crippen LogP contribution in [0.25, 0.3) is 0 Å². The molecule has 16 heavy (non-hydrogen) atoms. The van der Waals surface area contributed by atoms with Crippen molar-refractivity contribution in [2.24, 2.45) is 5.41 Å². The molecule has 0 spiro atoms. The Balaban J connectivity index is 4.26. The van der Waals surface area contributed by atoms with Crippen LogP contribution in [-0.2, 0) is 9.53 Å². The summed E-state index contributed by atoms with van der Waals surface area (Å²) in [4.78, 5) is 11.6. The average molecular weight is 231 g/mol. The molecular weight excluding hydrogens is 206 g/mol. The number of carbonyl (C=O) groups is 1. The van der Waals surface area contributed by atoms with E-state index < -0.39 is 6.10 Å². The normalized spacial score (nSPS) is 13.6. The van der Waals surface area contributed by atoms with Crippen LogP contribution in [0.2, 0.25) is 0 Å². The number of ether oxygens (including phenoxy) is 1. The molecule has 4 nitrogen and oxygen atoms in total. The van der Waals surface area contributed by atoms with Crippen molar-refractivity contribution in [1.29, 1.82) is 0 Å². The Morgan fingerprint density at radius 1 is 1.44 bits per heavy atom. The molecule has 0 heterocycles. The Kier molecular flexibility index (Phi) is 7.34. The third-order valence-corrected chi connectivity index (χ3v) is 3.50. The fraction of sp³-hybridized carbons (Fsp3) is 0.917. The molecule has 0 aromatic carbocycles. The van der Waals surface area contributed by atoms with E-state index >= 15 is 0 Å². The van der Waals surface area contributed by atoms with Gasteiger partial charge >= 0.3 is 0 Å². The quantitative estimate of drug-likeness (QED) is 0.662. The van der Waals surface area contributed by atoms with Gasteiger partial charge in [-0.25, -0.2) is 0 Å². The summed E-state index contributed by atoms with van der Waals surface area (Å²) in [6, 6.07) is 0. The molecule has 1 unspecified atom stereocenters. The van der Waals surface area contributed by atoms with Gasteiger partial charge in [0.25, 0.3) is 0 Å². The highest BCUT2D eigenvalue weighted by Crippen LogP contribution is 2.29. The van der Waals surface area contributed by atoms with Crippen LogP contribution >= 0.6 is 0 Å². The number of methoxy groups -OCH3 is 1. The van der Waals surface area contributed by atoms with Crippen LogP contribution in [0.15, 0.2) is 0 Å². The zero-order chi connectivity index (χ0) is 12.6. The molecule has 4 heteroatoms. The third kappa shape index (κ3) is 4.49. The molecule has 0 saturated heterocycles. The molecule has 0 aromatic rings. The van der Waals surface area contributed by atoms with Gasteiger partial charge in [-0.3, -0.25) is 4.79 Å². The molecular formula is C12H25NO3. The summed E-state index contributed by atoms with van der Waals surface area (Å²) >= 11 is 0. The highest BCUT2D eigenvalue weighted by Gasteiger charge is 2.26. The van der Waals surface area contributed by atoms with Gasteiger partial charge in [-0.2, -0.15) is 0 Å². The lowest BCUT2D eigenvalue weighted by atomic mass is 9.79. The number of aliphatic hydroxyl groups is 1. The summed E-state index contributed by atoms with van der Waals surface area (Å²) in [5.74, 6) is -0.0910. The molecule has 0 aliphatic heterocycles. The van der Waals surface area contributed by atoms with Gasteiger partial charge in [0.1, 0.15) is 6.10 Å². The molecule has 0 fully saturated rings. The third-order valence-electron chi connectivity index (χ3n) is 3.50. The van der Waals surface area contributed by atoms with E-state index in [4.69, 9.17) is 9.84 Å². The van der Waals surface area contributed by atoms with Gasteiger partial charge in [0.2, 0.25) is 5.91 Å². The number of aliphatic hydroxyl groups excluding tert-OH is 1. The minimum atomic E-state index is -0.416. The molecule has 0 aliphatic carbocycles. The van der Waals surface area contributed by atoms with Gasteiger partial charge in [-0.1, -0.05) is 13.8 Å². The van der Waals surface area contributed by atoms with Crippen molar-refractivity contribution in [3.63, 3.8) is 0 Å². The first-order valence-corrected chi connectivity index (χ1v) is 5.96. The van der Waals surface area contributed by atoms with Crippen molar-refractivity contribution in [3.8, 4) is 0 Å². The number of nitrogens with one attached hydrogen (secondary N) is 1. The van der Waals surface area contributed by atoms with Crippen LogP contribution in [0.4, 0.5) is 0 Å². The van der Waals surface area contributed by atoms with E-state index in [2.05, 4.69) is 19.2 Å². The van der Waals surface area contributed by atoms with Crippen LogP contribution < -0.4 is 5.32 Å². The van der Waals surface area contributed by atoms with Crippen LogP contribution in [0.3, 0.4) is 0 Å². The van der Waals surface area contributed by atoms with Crippen molar-refractivity contribution in [2.75, 3.05) is 20.3 Å². The van der Waals surface area contributed by atoms with Crippen molar-refractivity contribution in [1.82, 2.24) is 5.32 Å². The summed E-state index contributed by atoms with van der Waals surface area (Å²) < 4.78 is 4.94. The van der Waals surface area contributed by atoms with E-state index in [9.17, 15) is 4.79 Å². The number of amides is 1. The number of hydrogen-bond acceptors (Lipinski definition) is 3. The van der Waals surface area contributed by atoms with Crippen molar-refractivity contribution < 1.29 is 14.6 Å². The topological polar surface area (TPSA) is 58.6 Å². The van der Waals surface area contributed by atoms with Crippen LogP contribution in [0.5, 0.6) is 0 Å². The zero-order valence-electron chi connectivity index (χ0n) is 10.9. The maximum Gasteiger partial charge on any atom is 0.248 e. The minimum absolute atomic E-state index is 0.0118. The van der Waals surface area contributed by atoms with E-state index in [0.717, 1.165) is 19.3 Å². The molecule has 0 bridgehead atoms. The predicted octanol–water partition coefficient (Wildman–Crippen LogP) is 1.33. The minimum Gasteiger partial charge on any atom is -0.396 e. The number of hydrogen-bond donors (Lipinski definition) is 2. The standard InChI is InChI=1S/C12H25NO3/c1-5-12(6-2,7-8-14)9-13-11(15)10(3)16-4/h10,14H,5-9H2,1-4H3,(H,13,15). The fourth-order valence-electron chi connectivity index (χ4n) is 1.70. The van der Waals surface area contributed by atoms with Crippen molar-refractivity contribution >= 4 is 5.91 Å². The lowest BCUT2D eigenvalue weighted by Crippen LogP contribution is -2.41. The van der Waals surface area contributed by atoms with Gasteiger partial charge in [-0.15, -0.1) is 0 Å². The summed E-state index contributed by atoms with van der Waals surface area (Å²) in [5, 5.41) is 11.9. The number of rotatable bonds is 8. The first-order valence-electron chi connectivity index (χ1n) is 5.96. The van der Waals surface area contributed by atoms with Gasteiger partial charge in [0.15, 0.2) is 0 Å². The molecule has 0 rings (SSSR count). The summed E-state index contributed by atoms with van der Waals surface area (Å²) in [6.45, 7) is 6.67. The first kappa shape index (κ1) is 15.4. The van der Waals surface area contributed by atoms with E-state index in [1.165, 1.54) is 7.11 Å². The molecule has 0 aromatic heterocycles. The molecule has 2 N–H and O–H groups in total. The first-order chi connectivity index (χ1) is 7.55. The van der Waals surface area contributed by atoms with Gasteiger partial charge < -0.3 is 15.2 Å². The fourth-order valence-corrected chi connectivity index (χ4v) is 1.70. The summed E-state index contributed by atoms with van der Waals surface area (Å²) in [5.41, 5.74) is 0.0118. The van der Waals surface area contributed by atoms with E-state index in [0.29, 0.717) is 6.54 Å². The molecule has 0 aliphatic rings. The molecule has 0 radical (unpaired) electrons. The van der Waals surface area contributed by atoms with Crippen LogP contribution in [0, 0.1) is 5.41 Å². The largest absolute Gasteiger partial charge is 0.396 e. The Hall–Kier alpha value is -0.610. The molecule has 96 valence electrons. The smallest absolute Gasteiger partial charge is 0.248 e. The molecule has 1 amide bonds. The number of carbonyl (C=O) groups excluding carboxylic acids is 1. The van der Waals surface area contributed by atoms with E-state index in [-0.39, 0.29) is 17.9 Å². The van der Waals surface area contributed by atoms with Crippen molar-refractivity contribution in [2.45, 2.75) is 46.1 Å². The second-order valence-corrected chi connectivity index (χ2v) is 4.28. The molecule has 1 atom stereocenters. The zero-order valence-corrected chi connectivity index (χ0v) is 10.9. The lowest BCUT2D eigenvalue weighted by molar-refractivity contribution is -0.130.